The molecule has 1 aromatic rings. The van der Waals surface area contributed by atoms with Crippen LogP contribution in [0.15, 0.2) is 24.3 Å². The zero-order valence-electron chi connectivity index (χ0n) is 14.9. The number of amides is 1. The van der Waals surface area contributed by atoms with Crippen molar-refractivity contribution in [2.45, 2.75) is 46.0 Å². The highest BCUT2D eigenvalue weighted by molar-refractivity contribution is 7.92. The van der Waals surface area contributed by atoms with Gasteiger partial charge in [-0.15, -0.1) is 0 Å². The van der Waals surface area contributed by atoms with Crippen LogP contribution in [0.1, 0.15) is 46.1 Å². The van der Waals surface area contributed by atoms with Gasteiger partial charge in [0.2, 0.25) is 5.91 Å². The molecule has 0 aromatic heterocycles. The van der Waals surface area contributed by atoms with E-state index in [0.717, 1.165) is 18.4 Å². The number of hydrogen-bond acceptors (Lipinski definition) is 3. The lowest BCUT2D eigenvalue weighted by Crippen LogP contribution is -2.42. The average Bonchev–Trinajstić information content (AvgIpc) is 2.48. The molecule has 0 aliphatic heterocycles. The molecule has 0 aliphatic carbocycles. The molecule has 0 spiro atoms. The maximum absolute atomic E-state index is 12.1. The minimum absolute atomic E-state index is 0.0160. The maximum atomic E-state index is 12.1. The molecule has 0 aliphatic rings. The Hall–Kier alpha value is -1.07. The van der Waals surface area contributed by atoms with Gasteiger partial charge in [0.25, 0.3) is 0 Å². The van der Waals surface area contributed by atoms with Crippen molar-refractivity contribution in [3.8, 4) is 0 Å². The van der Waals surface area contributed by atoms with E-state index in [1.54, 1.807) is 0 Å². The number of nitrogens with one attached hydrogen (secondary N) is 1. The number of carbonyl (C=O) groups excluding carboxylic acids is 1. The lowest BCUT2D eigenvalue weighted by Gasteiger charge is -2.32. The topological polar surface area (TPSA) is 63.2 Å². The molecule has 136 valence electrons. The van der Waals surface area contributed by atoms with Crippen LogP contribution in [0.25, 0.3) is 0 Å². The molecule has 0 heterocycles. The Labute approximate surface area is 150 Å². The molecule has 6 heteroatoms. The molecular weight excluding hydrogens is 346 g/mol. The smallest absolute Gasteiger partial charge is 0.235 e. The molecule has 4 nitrogen and oxygen atoms in total. The normalized spacial score (nSPS) is 12.4. The van der Waals surface area contributed by atoms with E-state index in [0.29, 0.717) is 11.6 Å². The molecule has 0 saturated carbocycles. The van der Waals surface area contributed by atoms with Gasteiger partial charge in [-0.1, -0.05) is 51.4 Å². The number of halogens is 1. The van der Waals surface area contributed by atoms with Gasteiger partial charge in [-0.3, -0.25) is 4.79 Å². The Morgan fingerprint density at radius 2 is 1.71 bits per heavy atom. The first kappa shape index (κ1) is 21.0. The first-order valence-corrected chi connectivity index (χ1v) is 10.6. The summed E-state index contributed by atoms with van der Waals surface area (Å²) in [5.74, 6) is -0.835. The van der Waals surface area contributed by atoms with E-state index in [2.05, 4.69) is 19.2 Å². The number of sulfone groups is 1. The van der Waals surface area contributed by atoms with Crippen molar-refractivity contribution in [3.63, 3.8) is 0 Å². The average molecular weight is 374 g/mol. The highest BCUT2D eigenvalue weighted by Gasteiger charge is 2.29. The summed E-state index contributed by atoms with van der Waals surface area (Å²) in [4.78, 5) is 12.1. The third kappa shape index (κ3) is 6.10. The Kier molecular flexibility index (Phi) is 7.74. The molecule has 0 atom stereocenters. The lowest BCUT2D eigenvalue weighted by atomic mass is 9.76. The summed E-state index contributed by atoms with van der Waals surface area (Å²) in [7, 11) is -3.36. The van der Waals surface area contributed by atoms with E-state index in [1.165, 1.54) is 0 Å². The second kappa shape index (κ2) is 8.86. The predicted molar refractivity (Wildman–Crippen MR) is 100 cm³/mol. The first-order chi connectivity index (χ1) is 11.1. The fraction of sp³-hybridized carbons (Fsp3) is 0.611. The van der Waals surface area contributed by atoms with Gasteiger partial charge in [-0.25, -0.2) is 8.42 Å². The Morgan fingerprint density at radius 3 is 2.17 bits per heavy atom. The Balaban J connectivity index is 2.80. The van der Waals surface area contributed by atoms with E-state index < -0.39 is 21.5 Å². The largest absolute Gasteiger partial charge is 0.354 e. The molecule has 1 N–H and O–H groups in total. The van der Waals surface area contributed by atoms with E-state index in [4.69, 9.17) is 11.6 Å². The van der Waals surface area contributed by atoms with Crippen molar-refractivity contribution in [3.05, 3.63) is 34.9 Å². The summed E-state index contributed by atoms with van der Waals surface area (Å²) in [6, 6.07) is 7.62. The third-order valence-corrected chi connectivity index (χ3v) is 6.50. The van der Waals surface area contributed by atoms with Crippen molar-refractivity contribution >= 4 is 27.3 Å². The van der Waals surface area contributed by atoms with Gasteiger partial charge >= 0.3 is 0 Å². The van der Waals surface area contributed by atoms with Gasteiger partial charge in [0.15, 0.2) is 9.84 Å². The van der Waals surface area contributed by atoms with Crippen LogP contribution in [0.4, 0.5) is 0 Å². The highest BCUT2D eigenvalue weighted by atomic mass is 35.5. The lowest BCUT2D eigenvalue weighted by molar-refractivity contribution is -0.118. The van der Waals surface area contributed by atoms with Crippen LogP contribution in [0.2, 0.25) is 5.02 Å². The molecule has 0 radical (unpaired) electrons. The molecule has 1 rings (SSSR count). The van der Waals surface area contributed by atoms with E-state index in [1.807, 2.05) is 38.1 Å². The third-order valence-electron chi connectivity index (χ3n) is 4.37. The van der Waals surface area contributed by atoms with Crippen LogP contribution in [0.5, 0.6) is 0 Å². The molecule has 0 bridgehead atoms. The quantitative estimate of drug-likeness (QED) is 0.719. The van der Waals surface area contributed by atoms with Gasteiger partial charge in [-0.05, 0) is 36.5 Å². The van der Waals surface area contributed by atoms with E-state index >= 15 is 0 Å². The second-order valence-corrected chi connectivity index (χ2v) is 9.27. The van der Waals surface area contributed by atoms with Crippen LogP contribution in [0, 0.1) is 5.92 Å². The van der Waals surface area contributed by atoms with Gasteiger partial charge in [-0.2, -0.15) is 0 Å². The summed E-state index contributed by atoms with van der Waals surface area (Å²) in [5, 5.41) is 3.49. The zero-order chi connectivity index (χ0) is 18.4. The van der Waals surface area contributed by atoms with E-state index in [9.17, 15) is 13.2 Å². The number of carbonyl (C=O) groups is 1. The fourth-order valence-electron chi connectivity index (χ4n) is 2.90. The number of rotatable bonds is 9. The summed E-state index contributed by atoms with van der Waals surface area (Å²) in [5.41, 5.74) is 0.879. The van der Waals surface area contributed by atoms with Crippen molar-refractivity contribution in [2.75, 3.05) is 18.1 Å². The molecule has 24 heavy (non-hydrogen) atoms. The zero-order valence-corrected chi connectivity index (χ0v) is 16.5. The van der Waals surface area contributed by atoms with Gasteiger partial charge in [0, 0.05) is 17.0 Å². The van der Waals surface area contributed by atoms with Crippen LogP contribution >= 0.6 is 11.6 Å². The monoisotopic (exact) mass is 373 g/mol. The Bertz CT molecular complexity index is 635. The minimum atomic E-state index is -3.36. The van der Waals surface area contributed by atoms with Crippen molar-refractivity contribution in [1.82, 2.24) is 5.32 Å². The molecule has 0 unspecified atom stereocenters. The second-order valence-electron chi connectivity index (χ2n) is 6.72. The standard InChI is InChI=1S/C18H28ClNO3S/c1-5-18(6-2,15-7-9-16(19)10-8-15)13-20-17(21)12-24(22,23)11-14(3)4/h7-10,14H,5-6,11-13H2,1-4H3,(H,20,21). The highest BCUT2D eigenvalue weighted by Crippen LogP contribution is 2.31. The molecule has 0 saturated heterocycles. The van der Waals surface area contributed by atoms with Crippen molar-refractivity contribution in [2.24, 2.45) is 5.92 Å². The SMILES string of the molecule is CCC(CC)(CNC(=O)CS(=O)(=O)CC(C)C)c1ccc(Cl)cc1. The first-order valence-electron chi connectivity index (χ1n) is 8.37. The summed E-state index contributed by atoms with van der Waals surface area (Å²) in [6.45, 7) is 8.21. The van der Waals surface area contributed by atoms with Crippen LogP contribution in [0.3, 0.4) is 0 Å². The van der Waals surface area contributed by atoms with Crippen molar-refractivity contribution in [1.29, 1.82) is 0 Å². The maximum Gasteiger partial charge on any atom is 0.235 e. The number of hydrogen-bond donors (Lipinski definition) is 1. The summed E-state index contributed by atoms with van der Waals surface area (Å²) in [6.07, 6.45) is 1.67. The summed E-state index contributed by atoms with van der Waals surface area (Å²) >= 11 is 5.95. The molecule has 0 fully saturated rings. The van der Waals surface area contributed by atoms with E-state index in [-0.39, 0.29) is 17.1 Å². The summed E-state index contributed by atoms with van der Waals surface area (Å²) < 4.78 is 23.9. The Morgan fingerprint density at radius 1 is 1.17 bits per heavy atom. The molecule has 1 aromatic carbocycles. The van der Waals surface area contributed by atoms with Crippen LogP contribution in [-0.4, -0.2) is 32.4 Å². The van der Waals surface area contributed by atoms with Gasteiger partial charge in [0.1, 0.15) is 5.75 Å². The predicted octanol–water partition coefficient (Wildman–Crippen LogP) is 3.58. The minimum Gasteiger partial charge on any atom is -0.354 e. The van der Waals surface area contributed by atoms with Gasteiger partial charge < -0.3 is 5.32 Å². The fourth-order valence-corrected chi connectivity index (χ4v) is 4.66. The van der Waals surface area contributed by atoms with Crippen LogP contribution < -0.4 is 5.32 Å². The molecule has 1 amide bonds. The molecular formula is C18H28ClNO3S. The van der Waals surface area contributed by atoms with Crippen LogP contribution in [-0.2, 0) is 20.0 Å². The van der Waals surface area contributed by atoms with Gasteiger partial charge in [0.05, 0.1) is 5.75 Å². The number of benzene rings is 1. The van der Waals surface area contributed by atoms with Crippen molar-refractivity contribution < 1.29 is 13.2 Å².